The molecule has 1 aliphatic heterocycles. The van der Waals surface area contributed by atoms with Gasteiger partial charge in [0.2, 0.25) is 0 Å². The van der Waals surface area contributed by atoms with Gasteiger partial charge in [0.1, 0.15) is 11.6 Å². The molecule has 3 aromatic rings. The third-order valence-electron chi connectivity index (χ3n) is 5.35. The number of ether oxygens (including phenoxy) is 1. The van der Waals surface area contributed by atoms with Gasteiger partial charge in [-0.2, -0.15) is 13.2 Å². The Morgan fingerprint density at radius 1 is 0.906 bits per heavy atom. The predicted octanol–water partition coefficient (Wildman–Crippen LogP) is 4.50. The van der Waals surface area contributed by atoms with Crippen LogP contribution in [-0.4, -0.2) is 48.6 Å². The average Bonchev–Trinajstić information content (AvgIpc) is 2.83. The summed E-state index contributed by atoms with van der Waals surface area (Å²) in [4.78, 5) is 20.2. The number of amides is 1. The van der Waals surface area contributed by atoms with E-state index in [1.54, 1.807) is 4.90 Å². The van der Waals surface area contributed by atoms with Crippen molar-refractivity contribution in [1.29, 1.82) is 0 Å². The van der Waals surface area contributed by atoms with Crippen LogP contribution in [0.15, 0.2) is 72.9 Å². The zero-order valence-electron chi connectivity index (χ0n) is 17.3. The monoisotopic (exact) mass is 441 g/mol. The standard InChI is InChI=1S/C24H22F3N3O2/c25-24(26,27)19-10-11-22(28-16-19)29-12-14-30(15-13-29)23(31)17-32-21-9-5-4-8-20(21)18-6-2-1-3-7-18/h1-11,16H,12-15,17H2. The highest BCUT2D eigenvalue weighted by atomic mass is 19.4. The molecule has 1 fully saturated rings. The van der Waals surface area contributed by atoms with E-state index in [2.05, 4.69) is 4.98 Å². The molecule has 1 saturated heterocycles. The van der Waals surface area contributed by atoms with E-state index in [9.17, 15) is 18.0 Å². The van der Waals surface area contributed by atoms with E-state index in [1.807, 2.05) is 59.5 Å². The summed E-state index contributed by atoms with van der Waals surface area (Å²) in [7, 11) is 0. The number of anilines is 1. The summed E-state index contributed by atoms with van der Waals surface area (Å²) in [5.41, 5.74) is 1.15. The highest BCUT2D eigenvalue weighted by Crippen LogP contribution is 2.30. The predicted molar refractivity (Wildman–Crippen MR) is 115 cm³/mol. The zero-order chi connectivity index (χ0) is 22.6. The van der Waals surface area contributed by atoms with E-state index in [4.69, 9.17) is 4.74 Å². The van der Waals surface area contributed by atoms with Crippen LogP contribution in [0.2, 0.25) is 0 Å². The van der Waals surface area contributed by atoms with Gasteiger partial charge < -0.3 is 14.5 Å². The molecule has 0 unspecified atom stereocenters. The van der Waals surface area contributed by atoms with Crippen LogP contribution in [0, 0.1) is 0 Å². The summed E-state index contributed by atoms with van der Waals surface area (Å²) in [6.45, 7) is 1.80. The Morgan fingerprint density at radius 3 is 2.25 bits per heavy atom. The van der Waals surface area contributed by atoms with Crippen molar-refractivity contribution in [2.75, 3.05) is 37.7 Å². The quantitative estimate of drug-likeness (QED) is 0.585. The summed E-state index contributed by atoms with van der Waals surface area (Å²) in [6.07, 6.45) is -3.57. The van der Waals surface area contributed by atoms with Gasteiger partial charge in [-0.25, -0.2) is 4.98 Å². The van der Waals surface area contributed by atoms with Gasteiger partial charge in [0.05, 0.1) is 5.56 Å². The van der Waals surface area contributed by atoms with Crippen LogP contribution in [0.1, 0.15) is 5.56 Å². The van der Waals surface area contributed by atoms with E-state index < -0.39 is 11.7 Å². The van der Waals surface area contributed by atoms with Gasteiger partial charge in [0, 0.05) is 37.9 Å². The first-order valence-corrected chi connectivity index (χ1v) is 10.2. The van der Waals surface area contributed by atoms with Gasteiger partial charge in [0.25, 0.3) is 5.91 Å². The minimum absolute atomic E-state index is 0.0810. The van der Waals surface area contributed by atoms with Crippen molar-refractivity contribution >= 4 is 11.7 Å². The molecule has 8 heteroatoms. The Balaban J connectivity index is 1.32. The average molecular weight is 441 g/mol. The lowest BCUT2D eigenvalue weighted by atomic mass is 10.1. The number of carbonyl (C=O) groups is 1. The maximum atomic E-state index is 12.7. The first-order chi connectivity index (χ1) is 15.4. The van der Waals surface area contributed by atoms with Crippen molar-refractivity contribution in [1.82, 2.24) is 9.88 Å². The number of halogens is 3. The van der Waals surface area contributed by atoms with E-state index in [-0.39, 0.29) is 12.5 Å². The SMILES string of the molecule is O=C(COc1ccccc1-c1ccccc1)N1CCN(c2ccc(C(F)(F)F)cn2)CC1. The highest BCUT2D eigenvalue weighted by molar-refractivity contribution is 5.79. The normalized spacial score (nSPS) is 14.3. The molecule has 32 heavy (non-hydrogen) atoms. The van der Waals surface area contributed by atoms with Crippen LogP contribution in [0.5, 0.6) is 5.75 Å². The van der Waals surface area contributed by atoms with Crippen molar-refractivity contribution in [3.63, 3.8) is 0 Å². The van der Waals surface area contributed by atoms with Crippen LogP contribution in [0.3, 0.4) is 0 Å². The molecule has 0 saturated carbocycles. The van der Waals surface area contributed by atoms with Gasteiger partial charge in [-0.05, 0) is 23.8 Å². The van der Waals surface area contributed by atoms with Crippen molar-refractivity contribution in [3.05, 3.63) is 78.5 Å². The Bertz CT molecular complexity index is 1050. The number of carbonyl (C=O) groups excluding carboxylic acids is 1. The molecule has 5 nitrogen and oxygen atoms in total. The van der Waals surface area contributed by atoms with Crippen molar-refractivity contribution in [2.24, 2.45) is 0 Å². The van der Waals surface area contributed by atoms with Gasteiger partial charge in [-0.3, -0.25) is 4.79 Å². The molecule has 4 rings (SSSR count). The molecule has 166 valence electrons. The van der Waals surface area contributed by atoms with Crippen LogP contribution >= 0.6 is 0 Å². The molecule has 0 aliphatic carbocycles. The fourth-order valence-corrected chi connectivity index (χ4v) is 3.61. The summed E-state index contributed by atoms with van der Waals surface area (Å²) in [5, 5.41) is 0. The lowest BCUT2D eigenvalue weighted by molar-refractivity contribution is -0.138. The van der Waals surface area contributed by atoms with Gasteiger partial charge in [0.15, 0.2) is 6.61 Å². The van der Waals surface area contributed by atoms with E-state index in [0.29, 0.717) is 37.7 Å². The molecular weight excluding hydrogens is 419 g/mol. The van der Waals surface area contributed by atoms with Gasteiger partial charge >= 0.3 is 6.18 Å². The smallest absolute Gasteiger partial charge is 0.417 e. The number of hydrogen-bond acceptors (Lipinski definition) is 4. The first-order valence-electron chi connectivity index (χ1n) is 10.2. The summed E-state index contributed by atoms with van der Waals surface area (Å²) in [6, 6.07) is 19.8. The Kier molecular flexibility index (Phi) is 6.30. The van der Waals surface area contributed by atoms with Crippen LogP contribution in [0.4, 0.5) is 19.0 Å². The van der Waals surface area contributed by atoms with Crippen molar-refractivity contribution in [2.45, 2.75) is 6.18 Å². The van der Waals surface area contributed by atoms with Crippen molar-refractivity contribution < 1.29 is 22.7 Å². The molecule has 0 radical (unpaired) electrons. The first kappa shape index (κ1) is 21.7. The van der Waals surface area contributed by atoms with E-state index >= 15 is 0 Å². The zero-order valence-corrected chi connectivity index (χ0v) is 17.3. The third-order valence-corrected chi connectivity index (χ3v) is 5.35. The maximum absolute atomic E-state index is 12.7. The molecule has 0 atom stereocenters. The number of alkyl halides is 3. The minimum atomic E-state index is -4.41. The van der Waals surface area contributed by atoms with E-state index in [1.165, 1.54) is 6.07 Å². The minimum Gasteiger partial charge on any atom is -0.483 e. The fourth-order valence-electron chi connectivity index (χ4n) is 3.61. The molecule has 1 aliphatic rings. The number of rotatable bonds is 5. The molecule has 1 amide bonds. The number of benzene rings is 2. The Hall–Kier alpha value is -3.55. The molecular formula is C24H22F3N3O2. The van der Waals surface area contributed by atoms with Crippen LogP contribution < -0.4 is 9.64 Å². The number of aromatic nitrogens is 1. The van der Waals surface area contributed by atoms with Crippen LogP contribution in [0.25, 0.3) is 11.1 Å². The number of hydrogen-bond donors (Lipinski definition) is 0. The molecule has 0 spiro atoms. The maximum Gasteiger partial charge on any atom is 0.417 e. The number of para-hydroxylation sites is 1. The lowest BCUT2D eigenvalue weighted by Gasteiger charge is -2.35. The second kappa shape index (κ2) is 9.30. The lowest BCUT2D eigenvalue weighted by Crippen LogP contribution is -2.50. The summed E-state index contributed by atoms with van der Waals surface area (Å²) < 4.78 is 44.0. The Labute approximate surface area is 184 Å². The summed E-state index contributed by atoms with van der Waals surface area (Å²) in [5.74, 6) is 0.977. The molecule has 2 aromatic carbocycles. The van der Waals surface area contributed by atoms with Crippen molar-refractivity contribution in [3.8, 4) is 16.9 Å². The van der Waals surface area contributed by atoms with Gasteiger partial charge in [-0.1, -0.05) is 48.5 Å². The highest BCUT2D eigenvalue weighted by Gasteiger charge is 2.31. The van der Waals surface area contributed by atoms with Gasteiger partial charge in [-0.15, -0.1) is 0 Å². The largest absolute Gasteiger partial charge is 0.483 e. The molecule has 0 bridgehead atoms. The molecule has 2 heterocycles. The summed E-state index contributed by atoms with van der Waals surface area (Å²) >= 11 is 0. The fraction of sp³-hybridized carbons (Fsp3) is 0.250. The van der Waals surface area contributed by atoms with Crippen LogP contribution in [-0.2, 0) is 11.0 Å². The molecule has 0 N–H and O–H groups in total. The van der Waals surface area contributed by atoms with E-state index in [0.717, 1.165) is 23.4 Å². The number of nitrogens with zero attached hydrogens (tertiary/aromatic N) is 3. The Morgan fingerprint density at radius 2 is 1.59 bits per heavy atom. The topological polar surface area (TPSA) is 45.7 Å². The second-order valence-electron chi connectivity index (χ2n) is 7.42. The number of piperazine rings is 1. The third kappa shape index (κ3) is 5.01. The molecule has 1 aromatic heterocycles. The second-order valence-corrected chi connectivity index (χ2v) is 7.42. The number of pyridine rings is 1.